The van der Waals surface area contributed by atoms with Crippen LogP contribution in [0.3, 0.4) is 0 Å². The van der Waals surface area contributed by atoms with Crippen molar-refractivity contribution >= 4 is 28.5 Å². The van der Waals surface area contributed by atoms with E-state index in [1.807, 2.05) is 59.5 Å². The Morgan fingerprint density at radius 2 is 1.67 bits per heavy atom. The average molecular weight is 480 g/mol. The third kappa shape index (κ3) is 3.54. The first-order valence-corrected chi connectivity index (χ1v) is 12.4. The number of fused-ring (bicyclic) bond motifs is 2. The van der Waals surface area contributed by atoms with Crippen LogP contribution < -0.4 is 4.90 Å². The monoisotopic (exact) mass is 479 g/mol. The Bertz CT molecular complexity index is 1450. The van der Waals surface area contributed by atoms with Gasteiger partial charge in [-0.15, -0.1) is 0 Å². The van der Waals surface area contributed by atoms with Gasteiger partial charge in [0, 0.05) is 67.1 Å². The molecule has 2 amide bonds. The van der Waals surface area contributed by atoms with Gasteiger partial charge in [0.1, 0.15) is 12.4 Å². The van der Waals surface area contributed by atoms with Crippen molar-refractivity contribution in [3.8, 4) is 0 Å². The highest BCUT2D eigenvalue weighted by molar-refractivity contribution is 6.02. The van der Waals surface area contributed by atoms with Crippen LogP contribution in [0.5, 0.6) is 0 Å². The molecule has 7 nitrogen and oxygen atoms in total. The summed E-state index contributed by atoms with van der Waals surface area (Å²) in [5.41, 5.74) is 4.97. The number of carbonyl (C=O) groups excluding carboxylic acids is 2. The van der Waals surface area contributed by atoms with Gasteiger partial charge >= 0.3 is 0 Å². The molecule has 2 aliphatic heterocycles. The van der Waals surface area contributed by atoms with Crippen LogP contribution in [0.15, 0.2) is 72.9 Å². The van der Waals surface area contributed by atoms with Gasteiger partial charge in [-0.2, -0.15) is 0 Å². The van der Waals surface area contributed by atoms with Gasteiger partial charge in [-0.05, 0) is 36.8 Å². The highest BCUT2D eigenvalue weighted by Gasteiger charge is 2.41. The molecular weight excluding hydrogens is 450 g/mol. The minimum absolute atomic E-state index is 0.0142. The molecule has 2 aliphatic rings. The first-order valence-electron chi connectivity index (χ1n) is 12.4. The maximum atomic E-state index is 13.6. The summed E-state index contributed by atoms with van der Waals surface area (Å²) in [4.78, 5) is 37.4. The Hall–Kier alpha value is -4.13. The van der Waals surface area contributed by atoms with E-state index >= 15 is 0 Å². The molecule has 0 N–H and O–H groups in total. The average Bonchev–Trinajstić information content (AvgIpc) is 3.34. The van der Waals surface area contributed by atoms with E-state index in [1.54, 1.807) is 11.1 Å². The van der Waals surface area contributed by atoms with E-state index in [9.17, 15) is 9.59 Å². The van der Waals surface area contributed by atoms with E-state index in [2.05, 4.69) is 40.6 Å². The van der Waals surface area contributed by atoms with Crippen LogP contribution in [0.4, 0.5) is 5.82 Å². The minimum atomic E-state index is -0.293. The second-order valence-electron chi connectivity index (χ2n) is 9.55. The zero-order chi connectivity index (χ0) is 24.8. The lowest BCUT2D eigenvalue weighted by atomic mass is 9.95. The quantitative estimate of drug-likeness (QED) is 0.447. The van der Waals surface area contributed by atoms with E-state index < -0.39 is 0 Å². The molecule has 1 atom stereocenters. The fraction of sp³-hybridized carbons (Fsp3) is 0.276. The summed E-state index contributed by atoms with van der Waals surface area (Å²) >= 11 is 0. The molecule has 0 radical (unpaired) electrons. The van der Waals surface area contributed by atoms with Gasteiger partial charge in [0.25, 0.3) is 5.91 Å². The molecule has 1 saturated heterocycles. The predicted molar refractivity (Wildman–Crippen MR) is 140 cm³/mol. The molecule has 4 heterocycles. The van der Waals surface area contributed by atoms with E-state index in [4.69, 9.17) is 0 Å². The first kappa shape index (κ1) is 22.3. The van der Waals surface area contributed by atoms with Crippen molar-refractivity contribution in [2.45, 2.75) is 13.0 Å². The summed E-state index contributed by atoms with van der Waals surface area (Å²) in [6.45, 7) is 4.83. The van der Waals surface area contributed by atoms with Crippen molar-refractivity contribution in [1.29, 1.82) is 0 Å². The lowest BCUT2D eigenvalue weighted by Crippen LogP contribution is -2.51. The summed E-state index contributed by atoms with van der Waals surface area (Å²) in [5, 5.41) is 1.12. The summed E-state index contributed by atoms with van der Waals surface area (Å²) in [7, 11) is 2.06. The number of hydrogen-bond donors (Lipinski definition) is 0. The van der Waals surface area contributed by atoms with Gasteiger partial charge in [-0.25, -0.2) is 4.98 Å². The van der Waals surface area contributed by atoms with Gasteiger partial charge < -0.3 is 19.3 Å². The molecule has 0 spiro atoms. The molecule has 2 aromatic carbocycles. The number of nitrogens with zero attached hydrogens (tertiary/aromatic N) is 5. The van der Waals surface area contributed by atoms with Crippen molar-refractivity contribution in [3.63, 3.8) is 0 Å². The molecule has 4 aromatic rings. The predicted octanol–water partition coefficient (Wildman–Crippen LogP) is 3.78. The largest absolute Gasteiger partial charge is 0.353 e. The van der Waals surface area contributed by atoms with Gasteiger partial charge in [0.15, 0.2) is 0 Å². The number of aromatic nitrogens is 2. The van der Waals surface area contributed by atoms with E-state index in [0.29, 0.717) is 18.7 Å². The number of carbonyl (C=O) groups is 2. The third-order valence-electron chi connectivity index (χ3n) is 7.69. The zero-order valence-electron chi connectivity index (χ0n) is 20.6. The molecule has 2 aromatic heterocycles. The summed E-state index contributed by atoms with van der Waals surface area (Å²) in [6, 6.07) is 21.6. The van der Waals surface area contributed by atoms with Gasteiger partial charge in [-0.1, -0.05) is 42.5 Å². The molecule has 6 rings (SSSR count). The van der Waals surface area contributed by atoms with Crippen molar-refractivity contribution in [2.24, 2.45) is 7.05 Å². The van der Waals surface area contributed by atoms with Crippen molar-refractivity contribution in [1.82, 2.24) is 19.4 Å². The highest BCUT2D eigenvalue weighted by atomic mass is 16.2. The van der Waals surface area contributed by atoms with Crippen LogP contribution in [0.2, 0.25) is 0 Å². The topological polar surface area (TPSA) is 61.7 Å². The Morgan fingerprint density at radius 1 is 0.944 bits per heavy atom. The number of rotatable bonds is 4. The summed E-state index contributed by atoms with van der Waals surface area (Å²) < 4.78 is 2.17. The molecule has 0 saturated carbocycles. The Labute approximate surface area is 210 Å². The number of anilines is 1. The number of aryl methyl sites for hydroxylation is 1. The number of pyridine rings is 1. The van der Waals surface area contributed by atoms with E-state index in [-0.39, 0.29) is 24.4 Å². The summed E-state index contributed by atoms with van der Waals surface area (Å²) in [5.74, 6) is 0.837. The summed E-state index contributed by atoms with van der Waals surface area (Å²) in [6.07, 6.45) is 1.79. The third-order valence-corrected chi connectivity index (χ3v) is 7.69. The SMILES string of the molecule is Cc1c([C@@H]2c3ccccc3C(=O)N2CC(=O)N2CCN(c3ccccn3)CC2)c2ccccc2n1C. The van der Waals surface area contributed by atoms with Crippen LogP contribution in [0.1, 0.15) is 33.2 Å². The standard InChI is InChI=1S/C29H29N5O2/c1-20-27(23-11-5-6-12-24(23)31(20)2)28-21-9-3-4-10-22(21)29(36)34(28)19-26(35)33-17-15-32(16-18-33)25-13-7-8-14-30-25/h3-14,28H,15-19H2,1-2H3/t28-/m0/s1. The van der Waals surface area contributed by atoms with Gasteiger partial charge in [-0.3, -0.25) is 9.59 Å². The van der Waals surface area contributed by atoms with Crippen LogP contribution in [0, 0.1) is 6.92 Å². The lowest BCUT2D eigenvalue weighted by molar-refractivity contribution is -0.132. The second kappa shape index (κ2) is 8.82. The van der Waals surface area contributed by atoms with E-state index in [0.717, 1.165) is 46.6 Å². The minimum Gasteiger partial charge on any atom is -0.353 e. The van der Waals surface area contributed by atoms with Crippen LogP contribution in [-0.4, -0.2) is 63.9 Å². The zero-order valence-corrected chi connectivity index (χ0v) is 20.6. The number of piperazine rings is 1. The smallest absolute Gasteiger partial charge is 0.255 e. The fourth-order valence-electron chi connectivity index (χ4n) is 5.71. The van der Waals surface area contributed by atoms with Gasteiger partial charge in [0.2, 0.25) is 5.91 Å². The number of amides is 2. The first-order chi connectivity index (χ1) is 17.5. The second-order valence-corrected chi connectivity index (χ2v) is 9.55. The molecule has 7 heteroatoms. The normalized spacial score (nSPS) is 17.7. The van der Waals surface area contributed by atoms with Crippen LogP contribution in [-0.2, 0) is 11.8 Å². The molecule has 0 bridgehead atoms. The fourth-order valence-corrected chi connectivity index (χ4v) is 5.71. The number of benzene rings is 2. The van der Waals surface area contributed by atoms with Crippen LogP contribution >= 0.6 is 0 Å². The Kier molecular flexibility index (Phi) is 5.48. The van der Waals surface area contributed by atoms with Crippen molar-refractivity contribution in [3.05, 3.63) is 95.3 Å². The molecule has 0 unspecified atom stereocenters. The molecule has 0 aliphatic carbocycles. The molecule has 36 heavy (non-hydrogen) atoms. The van der Waals surface area contributed by atoms with Gasteiger partial charge in [0.05, 0.1) is 6.04 Å². The maximum Gasteiger partial charge on any atom is 0.255 e. The molecule has 1 fully saturated rings. The lowest BCUT2D eigenvalue weighted by Gasteiger charge is -2.36. The highest BCUT2D eigenvalue weighted by Crippen LogP contribution is 2.43. The van der Waals surface area contributed by atoms with Crippen LogP contribution in [0.25, 0.3) is 10.9 Å². The number of para-hydroxylation sites is 1. The Balaban J connectivity index is 1.30. The van der Waals surface area contributed by atoms with Crippen molar-refractivity contribution in [2.75, 3.05) is 37.6 Å². The van der Waals surface area contributed by atoms with Crippen molar-refractivity contribution < 1.29 is 9.59 Å². The molecular formula is C29H29N5O2. The molecule has 182 valence electrons. The maximum absolute atomic E-state index is 13.6. The van der Waals surface area contributed by atoms with E-state index in [1.165, 1.54) is 0 Å². The number of hydrogen-bond acceptors (Lipinski definition) is 4. The Morgan fingerprint density at radius 3 is 2.44 bits per heavy atom.